The van der Waals surface area contributed by atoms with Crippen LogP contribution in [0.25, 0.3) is 11.4 Å². The number of urea groups is 1. The van der Waals surface area contributed by atoms with Crippen LogP contribution < -0.4 is 15.5 Å². The monoisotopic (exact) mass is 462 g/mol. The minimum Gasteiger partial charge on any atom is -0.354 e. The van der Waals surface area contributed by atoms with Crippen molar-refractivity contribution < 1.29 is 4.79 Å². The molecule has 1 saturated heterocycles. The minimum atomic E-state index is -0.133. The Morgan fingerprint density at radius 1 is 1.09 bits per heavy atom. The zero-order valence-electron chi connectivity index (χ0n) is 20.8. The van der Waals surface area contributed by atoms with Crippen LogP contribution in [0.2, 0.25) is 0 Å². The fraction of sp³-hybridized carbons (Fsp3) is 0.593. The molecule has 1 atom stereocenters. The number of nitrogens with one attached hydrogen (secondary N) is 2. The van der Waals surface area contributed by atoms with E-state index in [0.29, 0.717) is 18.0 Å². The highest BCUT2D eigenvalue weighted by molar-refractivity contribution is 5.89. The molecule has 0 unspecified atom stereocenters. The highest BCUT2D eigenvalue weighted by atomic mass is 16.2. The standard InChI is InChI=1S/C27H38N6O/c1-18(2)16-32-15-13-23-24(17-32)30-25(31-26(23)33-14-5-4-6-19(33)3)20-7-9-21(10-8-20)28-27(34)29-22-11-12-22/h7-10,18-19,22H,4-6,11-17H2,1-3H3,(H2,28,29,34)/t19-/m0/s1. The fourth-order valence-electron chi connectivity index (χ4n) is 5.20. The molecule has 5 rings (SSSR count). The molecule has 2 fully saturated rings. The van der Waals surface area contributed by atoms with Crippen LogP contribution in [0.1, 0.15) is 64.1 Å². The smallest absolute Gasteiger partial charge is 0.319 e. The van der Waals surface area contributed by atoms with Crippen molar-refractivity contribution >= 4 is 17.5 Å². The number of aromatic nitrogens is 2. The van der Waals surface area contributed by atoms with Crippen LogP contribution in [-0.2, 0) is 13.0 Å². The quantitative estimate of drug-likeness (QED) is 0.644. The molecule has 1 aromatic carbocycles. The lowest BCUT2D eigenvalue weighted by Gasteiger charge is -2.38. The van der Waals surface area contributed by atoms with Gasteiger partial charge in [0.15, 0.2) is 5.82 Å². The van der Waals surface area contributed by atoms with Gasteiger partial charge in [0.25, 0.3) is 0 Å². The van der Waals surface area contributed by atoms with E-state index in [2.05, 4.69) is 41.2 Å². The van der Waals surface area contributed by atoms with Crippen LogP contribution >= 0.6 is 0 Å². The molecule has 0 spiro atoms. The van der Waals surface area contributed by atoms with Crippen molar-refractivity contribution in [2.24, 2.45) is 5.92 Å². The Labute approximate surface area is 203 Å². The van der Waals surface area contributed by atoms with Crippen molar-refractivity contribution in [1.82, 2.24) is 20.2 Å². The molecule has 182 valence electrons. The third-order valence-electron chi connectivity index (χ3n) is 7.13. The number of nitrogens with zero attached hydrogens (tertiary/aromatic N) is 4. The van der Waals surface area contributed by atoms with Gasteiger partial charge in [-0.2, -0.15) is 0 Å². The first-order valence-electron chi connectivity index (χ1n) is 13.0. The summed E-state index contributed by atoms with van der Waals surface area (Å²) in [5, 5.41) is 5.89. The average Bonchev–Trinajstić information content (AvgIpc) is 3.62. The third-order valence-corrected chi connectivity index (χ3v) is 7.13. The number of hydrogen-bond donors (Lipinski definition) is 2. The predicted molar refractivity (Wildman–Crippen MR) is 137 cm³/mol. The Kier molecular flexibility index (Phi) is 6.73. The minimum absolute atomic E-state index is 0.133. The van der Waals surface area contributed by atoms with Crippen molar-refractivity contribution in [3.8, 4) is 11.4 Å². The van der Waals surface area contributed by atoms with Gasteiger partial charge in [0.1, 0.15) is 5.82 Å². The highest BCUT2D eigenvalue weighted by Crippen LogP contribution is 2.33. The van der Waals surface area contributed by atoms with Gasteiger partial charge in [0.05, 0.1) is 5.69 Å². The first kappa shape index (κ1) is 23.1. The Bertz CT molecular complexity index is 1020. The number of hydrogen-bond acceptors (Lipinski definition) is 5. The zero-order chi connectivity index (χ0) is 23.7. The second-order valence-electron chi connectivity index (χ2n) is 10.7. The van der Waals surface area contributed by atoms with Gasteiger partial charge >= 0.3 is 6.03 Å². The number of piperidine rings is 1. The van der Waals surface area contributed by atoms with Crippen molar-refractivity contribution in [2.75, 3.05) is 29.9 Å². The number of rotatable bonds is 6. The van der Waals surface area contributed by atoms with Gasteiger partial charge in [0, 0.05) is 55.1 Å². The summed E-state index contributed by atoms with van der Waals surface area (Å²) in [5.41, 5.74) is 4.29. The Hall–Kier alpha value is -2.67. The lowest BCUT2D eigenvalue weighted by atomic mass is 9.99. The second kappa shape index (κ2) is 9.90. The molecule has 3 aliphatic rings. The number of amides is 2. The van der Waals surface area contributed by atoms with E-state index in [1.807, 2.05) is 24.3 Å². The molecule has 0 bridgehead atoms. The van der Waals surface area contributed by atoms with Crippen LogP contribution in [-0.4, -0.2) is 52.6 Å². The molecule has 34 heavy (non-hydrogen) atoms. The van der Waals surface area contributed by atoms with Crippen LogP contribution in [0.5, 0.6) is 0 Å². The molecule has 0 radical (unpaired) electrons. The molecule has 7 heteroatoms. The van der Waals surface area contributed by atoms with Crippen molar-refractivity contribution in [1.29, 1.82) is 0 Å². The number of anilines is 2. The van der Waals surface area contributed by atoms with Crippen LogP contribution in [0.3, 0.4) is 0 Å². The predicted octanol–water partition coefficient (Wildman–Crippen LogP) is 4.82. The van der Waals surface area contributed by atoms with E-state index in [1.54, 1.807) is 0 Å². The molecule has 1 aliphatic carbocycles. The number of fused-ring (bicyclic) bond motifs is 1. The van der Waals surface area contributed by atoms with E-state index < -0.39 is 0 Å². The summed E-state index contributed by atoms with van der Waals surface area (Å²) >= 11 is 0. The topological polar surface area (TPSA) is 73.4 Å². The number of benzene rings is 1. The summed E-state index contributed by atoms with van der Waals surface area (Å²) in [4.78, 5) is 27.4. The van der Waals surface area contributed by atoms with E-state index >= 15 is 0 Å². The summed E-state index contributed by atoms with van der Waals surface area (Å²) in [6, 6.07) is 8.64. The summed E-state index contributed by atoms with van der Waals surface area (Å²) in [6.45, 7) is 11.0. The second-order valence-corrected chi connectivity index (χ2v) is 10.7. The highest BCUT2D eigenvalue weighted by Gasteiger charge is 2.29. The molecule has 1 saturated carbocycles. The van der Waals surface area contributed by atoms with E-state index in [-0.39, 0.29) is 6.03 Å². The number of carbonyl (C=O) groups is 1. The fourth-order valence-corrected chi connectivity index (χ4v) is 5.20. The van der Waals surface area contributed by atoms with Gasteiger partial charge in [-0.15, -0.1) is 0 Å². The molecule has 2 aromatic rings. The van der Waals surface area contributed by atoms with Crippen molar-refractivity contribution in [3.05, 3.63) is 35.5 Å². The Balaban J connectivity index is 1.43. The van der Waals surface area contributed by atoms with Crippen LogP contribution in [0.15, 0.2) is 24.3 Å². The SMILES string of the molecule is CC(C)CN1CCc2c(nc(-c3ccc(NC(=O)NC4CC4)cc3)nc2N2CCCC[C@@H]2C)C1. The lowest BCUT2D eigenvalue weighted by molar-refractivity contribution is 0.223. The van der Waals surface area contributed by atoms with Crippen LogP contribution in [0, 0.1) is 5.92 Å². The molecule has 2 aliphatic heterocycles. The molecule has 7 nitrogen and oxygen atoms in total. The summed E-state index contributed by atoms with van der Waals surface area (Å²) in [6.07, 6.45) is 6.91. The van der Waals surface area contributed by atoms with Gasteiger partial charge in [-0.05, 0) is 75.6 Å². The molecule has 2 N–H and O–H groups in total. The molecular weight excluding hydrogens is 424 g/mol. The van der Waals surface area contributed by atoms with E-state index in [0.717, 1.165) is 68.3 Å². The van der Waals surface area contributed by atoms with E-state index in [9.17, 15) is 4.79 Å². The lowest BCUT2D eigenvalue weighted by Crippen LogP contribution is -2.41. The molecule has 2 amide bonds. The van der Waals surface area contributed by atoms with Crippen LogP contribution in [0.4, 0.5) is 16.3 Å². The van der Waals surface area contributed by atoms with E-state index in [4.69, 9.17) is 9.97 Å². The maximum atomic E-state index is 12.1. The molecular formula is C27H38N6O. The number of carbonyl (C=O) groups excluding carboxylic acids is 1. The van der Waals surface area contributed by atoms with Gasteiger partial charge in [-0.25, -0.2) is 14.8 Å². The zero-order valence-corrected chi connectivity index (χ0v) is 20.8. The maximum absolute atomic E-state index is 12.1. The van der Waals surface area contributed by atoms with Gasteiger partial charge in [0.2, 0.25) is 0 Å². The first-order chi connectivity index (χ1) is 16.5. The maximum Gasteiger partial charge on any atom is 0.319 e. The summed E-state index contributed by atoms with van der Waals surface area (Å²) in [7, 11) is 0. The summed E-state index contributed by atoms with van der Waals surface area (Å²) < 4.78 is 0. The third kappa shape index (κ3) is 5.35. The first-order valence-corrected chi connectivity index (χ1v) is 13.0. The summed E-state index contributed by atoms with van der Waals surface area (Å²) in [5.74, 6) is 2.57. The normalized spacial score (nSPS) is 20.8. The van der Waals surface area contributed by atoms with Crippen molar-refractivity contribution in [3.63, 3.8) is 0 Å². The average molecular weight is 463 g/mol. The Morgan fingerprint density at radius 2 is 1.88 bits per heavy atom. The molecule has 3 heterocycles. The van der Waals surface area contributed by atoms with Gasteiger partial charge in [-0.3, -0.25) is 4.90 Å². The Morgan fingerprint density at radius 3 is 2.59 bits per heavy atom. The van der Waals surface area contributed by atoms with E-state index in [1.165, 1.54) is 30.5 Å². The van der Waals surface area contributed by atoms with Crippen molar-refractivity contribution in [2.45, 2.75) is 77.9 Å². The van der Waals surface area contributed by atoms with Gasteiger partial charge < -0.3 is 15.5 Å². The molecule has 1 aromatic heterocycles. The van der Waals surface area contributed by atoms with Gasteiger partial charge in [-0.1, -0.05) is 13.8 Å². The largest absolute Gasteiger partial charge is 0.354 e.